The summed E-state index contributed by atoms with van der Waals surface area (Å²) >= 11 is 3.25. The van der Waals surface area contributed by atoms with E-state index in [2.05, 4.69) is 28.1 Å². The van der Waals surface area contributed by atoms with Gasteiger partial charge in [-0.05, 0) is 36.3 Å². The molecule has 0 bridgehead atoms. The van der Waals surface area contributed by atoms with Crippen LogP contribution in [0.25, 0.3) is 0 Å². The molecule has 0 spiro atoms. The van der Waals surface area contributed by atoms with Gasteiger partial charge in [0.15, 0.2) is 0 Å². The molecule has 1 aliphatic carbocycles. The van der Waals surface area contributed by atoms with Crippen molar-refractivity contribution in [3.8, 4) is 0 Å². The van der Waals surface area contributed by atoms with Crippen molar-refractivity contribution in [1.82, 2.24) is 4.90 Å². The Labute approximate surface area is 126 Å². The van der Waals surface area contributed by atoms with Crippen molar-refractivity contribution in [2.45, 2.75) is 31.4 Å². The van der Waals surface area contributed by atoms with Gasteiger partial charge in [-0.25, -0.2) is 0 Å². The lowest BCUT2D eigenvalue weighted by Gasteiger charge is -2.31. The minimum atomic E-state index is -4.13. The van der Waals surface area contributed by atoms with Crippen molar-refractivity contribution in [3.63, 3.8) is 0 Å². The first-order valence-corrected chi connectivity index (χ1v) is 8.04. The first-order chi connectivity index (χ1) is 9.49. The average molecular weight is 350 g/mol. The first-order valence-electron chi connectivity index (χ1n) is 6.92. The Morgan fingerprint density at radius 2 is 2.00 bits per heavy atom. The molecule has 1 aliphatic rings. The average Bonchev–Trinajstić information content (AvgIpc) is 2.37. The molecule has 0 fully saturated rings. The highest BCUT2D eigenvalue weighted by Gasteiger charge is 2.32. The molecule has 0 N–H and O–H groups in total. The SMILES string of the molecule is FC(F)(F)CN(CCBr)CC1CCCc2ccccc21. The molecule has 2 rings (SSSR count). The zero-order valence-corrected chi connectivity index (χ0v) is 12.9. The second kappa shape index (κ2) is 6.94. The largest absolute Gasteiger partial charge is 0.401 e. The standard InChI is InChI=1S/C15H19BrF3N/c16-8-9-20(11-15(17,18)19)10-13-6-3-5-12-4-1-2-7-14(12)13/h1-2,4,7,13H,3,5-6,8-11H2. The third-order valence-corrected chi connectivity index (χ3v) is 4.13. The van der Waals surface area contributed by atoms with Crippen LogP contribution in [0.4, 0.5) is 13.2 Å². The molecule has 5 heteroatoms. The fraction of sp³-hybridized carbons (Fsp3) is 0.600. The molecule has 0 aliphatic heterocycles. The molecule has 1 nitrogen and oxygen atoms in total. The van der Waals surface area contributed by atoms with Crippen LogP contribution >= 0.6 is 15.9 Å². The third-order valence-electron chi connectivity index (χ3n) is 3.78. The van der Waals surface area contributed by atoms with Gasteiger partial charge in [-0.3, -0.25) is 4.90 Å². The molecule has 0 saturated carbocycles. The Balaban J connectivity index is 2.07. The summed E-state index contributed by atoms with van der Waals surface area (Å²) in [4.78, 5) is 1.52. The lowest BCUT2D eigenvalue weighted by Crippen LogP contribution is -2.38. The van der Waals surface area contributed by atoms with E-state index in [-0.39, 0.29) is 5.92 Å². The molecule has 0 saturated heterocycles. The minimum absolute atomic E-state index is 0.223. The number of halogens is 4. The van der Waals surface area contributed by atoms with Gasteiger partial charge in [-0.2, -0.15) is 13.2 Å². The van der Waals surface area contributed by atoms with Crippen LogP contribution in [-0.4, -0.2) is 36.0 Å². The lowest BCUT2D eigenvalue weighted by molar-refractivity contribution is -0.145. The molecule has 0 amide bonds. The van der Waals surface area contributed by atoms with Gasteiger partial charge < -0.3 is 0 Å². The lowest BCUT2D eigenvalue weighted by atomic mass is 9.82. The van der Waals surface area contributed by atoms with Crippen LogP contribution in [0.5, 0.6) is 0 Å². The highest BCUT2D eigenvalue weighted by atomic mass is 79.9. The van der Waals surface area contributed by atoms with E-state index in [1.807, 2.05) is 12.1 Å². The van der Waals surface area contributed by atoms with Crippen LogP contribution in [0.1, 0.15) is 29.9 Å². The number of hydrogen-bond acceptors (Lipinski definition) is 1. The summed E-state index contributed by atoms with van der Waals surface area (Å²) in [6.07, 6.45) is -1.04. The monoisotopic (exact) mass is 349 g/mol. The van der Waals surface area contributed by atoms with E-state index in [0.29, 0.717) is 18.4 Å². The molecule has 0 aromatic heterocycles. The molecular weight excluding hydrogens is 331 g/mol. The fourth-order valence-corrected chi connectivity index (χ4v) is 3.47. The van der Waals surface area contributed by atoms with E-state index in [4.69, 9.17) is 0 Å². The van der Waals surface area contributed by atoms with E-state index < -0.39 is 12.7 Å². The van der Waals surface area contributed by atoms with E-state index >= 15 is 0 Å². The van der Waals surface area contributed by atoms with Crippen LogP contribution in [0.3, 0.4) is 0 Å². The Bertz CT molecular complexity index is 433. The van der Waals surface area contributed by atoms with Crippen molar-refractivity contribution < 1.29 is 13.2 Å². The van der Waals surface area contributed by atoms with Crippen molar-refractivity contribution >= 4 is 15.9 Å². The van der Waals surface area contributed by atoms with Crippen molar-refractivity contribution in [2.24, 2.45) is 0 Å². The van der Waals surface area contributed by atoms with Crippen molar-refractivity contribution in [2.75, 3.05) is 25.0 Å². The molecule has 1 unspecified atom stereocenters. The number of hydrogen-bond donors (Lipinski definition) is 0. The number of alkyl halides is 4. The smallest absolute Gasteiger partial charge is 0.294 e. The summed E-state index contributed by atoms with van der Waals surface area (Å²) in [5.74, 6) is 0.223. The Morgan fingerprint density at radius 1 is 1.25 bits per heavy atom. The van der Waals surface area contributed by atoms with E-state index in [0.717, 1.165) is 19.3 Å². The molecule has 0 radical (unpaired) electrons. The summed E-state index contributed by atoms with van der Waals surface area (Å²) in [5.41, 5.74) is 2.54. The second-order valence-electron chi connectivity index (χ2n) is 5.33. The highest BCUT2D eigenvalue weighted by molar-refractivity contribution is 9.09. The maximum atomic E-state index is 12.6. The highest BCUT2D eigenvalue weighted by Crippen LogP contribution is 2.32. The molecule has 112 valence electrons. The summed E-state index contributed by atoms with van der Waals surface area (Å²) in [5, 5.41) is 0.567. The van der Waals surface area contributed by atoms with Gasteiger partial charge in [0, 0.05) is 18.4 Å². The quantitative estimate of drug-likeness (QED) is 0.713. The normalized spacial score (nSPS) is 19.1. The molecule has 0 heterocycles. The van der Waals surface area contributed by atoms with Gasteiger partial charge in [0.1, 0.15) is 0 Å². The number of rotatable bonds is 5. The number of fused-ring (bicyclic) bond motifs is 1. The molecule has 1 atom stereocenters. The molecule has 1 aromatic carbocycles. The van der Waals surface area contributed by atoms with Crippen LogP contribution in [0.15, 0.2) is 24.3 Å². The zero-order valence-electron chi connectivity index (χ0n) is 11.3. The Hall–Kier alpha value is -0.550. The predicted molar refractivity (Wildman–Crippen MR) is 78.4 cm³/mol. The summed E-state index contributed by atoms with van der Waals surface area (Å²) in [6, 6.07) is 8.15. The van der Waals surface area contributed by atoms with E-state index in [9.17, 15) is 13.2 Å². The first kappa shape index (κ1) is 15.8. The Kier molecular flexibility index (Phi) is 5.49. The Morgan fingerprint density at radius 3 is 2.70 bits per heavy atom. The summed E-state index contributed by atoms with van der Waals surface area (Å²) in [7, 11) is 0. The van der Waals surface area contributed by atoms with Gasteiger partial charge >= 0.3 is 6.18 Å². The number of benzene rings is 1. The van der Waals surface area contributed by atoms with Crippen LogP contribution < -0.4 is 0 Å². The van der Waals surface area contributed by atoms with Crippen molar-refractivity contribution in [3.05, 3.63) is 35.4 Å². The van der Waals surface area contributed by atoms with Crippen LogP contribution in [0, 0.1) is 0 Å². The third kappa shape index (κ3) is 4.48. The topological polar surface area (TPSA) is 3.24 Å². The number of aryl methyl sites for hydroxylation is 1. The van der Waals surface area contributed by atoms with Crippen LogP contribution in [0.2, 0.25) is 0 Å². The minimum Gasteiger partial charge on any atom is -0.294 e. The van der Waals surface area contributed by atoms with Gasteiger partial charge in [-0.15, -0.1) is 0 Å². The van der Waals surface area contributed by atoms with Gasteiger partial charge in [0.05, 0.1) is 6.54 Å². The maximum Gasteiger partial charge on any atom is 0.401 e. The van der Waals surface area contributed by atoms with Gasteiger partial charge in [0.2, 0.25) is 0 Å². The van der Waals surface area contributed by atoms with Crippen molar-refractivity contribution in [1.29, 1.82) is 0 Å². The zero-order chi connectivity index (χ0) is 14.6. The molecular formula is C15H19BrF3N. The summed E-state index contributed by atoms with van der Waals surface area (Å²) in [6.45, 7) is 0.0948. The predicted octanol–water partition coefficient (Wildman–Crippen LogP) is 4.37. The molecule has 20 heavy (non-hydrogen) atoms. The van der Waals surface area contributed by atoms with Crippen LogP contribution in [-0.2, 0) is 6.42 Å². The maximum absolute atomic E-state index is 12.6. The van der Waals surface area contributed by atoms with Gasteiger partial charge in [0.25, 0.3) is 0 Å². The molecule has 1 aromatic rings. The fourth-order valence-electron chi connectivity index (χ4n) is 2.96. The number of nitrogens with zero attached hydrogens (tertiary/aromatic N) is 1. The second-order valence-corrected chi connectivity index (χ2v) is 6.12. The van der Waals surface area contributed by atoms with E-state index in [1.165, 1.54) is 16.0 Å². The van der Waals surface area contributed by atoms with Gasteiger partial charge in [-0.1, -0.05) is 40.2 Å². The van der Waals surface area contributed by atoms with E-state index in [1.54, 1.807) is 0 Å². The summed E-state index contributed by atoms with van der Waals surface area (Å²) < 4.78 is 37.9.